The fraction of sp³-hybridized carbons (Fsp3) is 0.150. The van der Waals surface area contributed by atoms with Crippen LogP contribution in [0, 0.1) is 13.8 Å². The van der Waals surface area contributed by atoms with Gasteiger partial charge in [0.15, 0.2) is 0 Å². The van der Waals surface area contributed by atoms with Crippen molar-refractivity contribution in [3.05, 3.63) is 77.1 Å². The molecule has 0 spiro atoms. The topological polar surface area (TPSA) is 87.1 Å². The molecule has 0 bridgehead atoms. The summed E-state index contributed by atoms with van der Waals surface area (Å²) in [6.45, 7) is 4.53. The highest BCUT2D eigenvalue weighted by atomic mass is 16.4. The molecule has 26 heavy (non-hydrogen) atoms. The zero-order chi connectivity index (χ0) is 18.5. The molecule has 0 saturated heterocycles. The summed E-state index contributed by atoms with van der Waals surface area (Å²) in [6, 6.07) is 16.7. The number of hydrogen-bond acceptors (Lipinski definition) is 5. The Morgan fingerprint density at radius 3 is 2.46 bits per heavy atom. The van der Waals surface area contributed by atoms with Gasteiger partial charge >= 0.3 is 5.97 Å². The molecule has 0 atom stereocenters. The van der Waals surface area contributed by atoms with Crippen molar-refractivity contribution in [2.75, 3.05) is 10.6 Å². The third-order valence-corrected chi connectivity index (χ3v) is 3.81. The van der Waals surface area contributed by atoms with Crippen LogP contribution in [0.1, 0.15) is 27.3 Å². The third-order valence-electron chi connectivity index (χ3n) is 3.81. The number of nitrogens with zero attached hydrogens (tertiary/aromatic N) is 2. The van der Waals surface area contributed by atoms with E-state index in [9.17, 15) is 4.79 Å². The maximum absolute atomic E-state index is 11.1. The van der Waals surface area contributed by atoms with Crippen LogP contribution >= 0.6 is 0 Å². The molecule has 0 aliphatic carbocycles. The predicted molar refractivity (Wildman–Crippen MR) is 102 cm³/mol. The summed E-state index contributed by atoms with van der Waals surface area (Å²) < 4.78 is 0. The van der Waals surface area contributed by atoms with Gasteiger partial charge in [-0.25, -0.2) is 14.8 Å². The van der Waals surface area contributed by atoms with Gasteiger partial charge in [-0.1, -0.05) is 35.9 Å². The van der Waals surface area contributed by atoms with Crippen molar-refractivity contribution in [1.82, 2.24) is 9.97 Å². The molecule has 6 heteroatoms. The lowest BCUT2D eigenvalue weighted by Gasteiger charge is -2.11. The third kappa shape index (κ3) is 4.57. The lowest BCUT2D eigenvalue weighted by molar-refractivity contribution is 0.0697. The number of benzene rings is 2. The summed E-state index contributed by atoms with van der Waals surface area (Å²) in [6.07, 6.45) is 0. The second-order valence-corrected chi connectivity index (χ2v) is 6.04. The lowest BCUT2D eigenvalue weighted by atomic mass is 10.1. The normalized spacial score (nSPS) is 10.4. The van der Waals surface area contributed by atoms with E-state index >= 15 is 0 Å². The largest absolute Gasteiger partial charge is 0.478 e. The number of carboxylic acid groups (broad SMARTS) is 1. The van der Waals surface area contributed by atoms with Crippen molar-refractivity contribution < 1.29 is 9.90 Å². The van der Waals surface area contributed by atoms with Gasteiger partial charge in [-0.05, 0) is 37.6 Å². The molecule has 0 unspecified atom stereocenters. The van der Waals surface area contributed by atoms with Gasteiger partial charge in [0.2, 0.25) is 0 Å². The first-order valence-corrected chi connectivity index (χ1v) is 8.25. The number of aromatic nitrogens is 2. The zero-order valence-corrected chi connectivity index (χ0v) is 14.7. The number of carbonyl (C=O) groups is 1. The average molecular weight is 348 g/mol. The molecule has 0 saturated carbocycles. The zero-order valence-electron chi connectivity index (χ0n) is 14.7. The predicted octanol–water partition coefficient (Wildman–Crippen LogP) is 4.15. The molecule has 1 aromatic heterocycles. The Balaban J connectivity index is 1.74. The van der Waals surface area contributed by atoms with E-state index in [1.165, 1.54) is 5.56 Å². The number of aryl methyl sites for hydroxylation is 2. The summed E-state index contributed by atoms with van der Waals surface area (Å²) in [7, 11) is 0. The van der Waals surface area contributed by atoms with Gasteiger partial charge < -0.3 is 15.7 Å². The van der Waals surface area contributed by atoms with E-state index in [0.29, 0.717) is 29.7 Å². The van der Waals surface area contributed by atoms with E-state index in [2.05, 4.69) is 51.8 Å². The first kappa shape index (κ1) is 17.4. The maximum Gasteiger partial charge on any atom is 0.335 e. The summed E-state index contributed by atoms with van der Waals surface area (Å²) in [5, 5.41) is 15.5. The molecule has 0 aliphatic rings. The fourth-order valence-corrected chi connectivity index (χ4v) is 2.50. The van der Waals surface area contributed by atoms with Gasteiger partial charge in [-0.3, -0.25) is 0 Å². The molecule has 3 N–H and O–H groups in total. The van der Waals surface area contributed by atoms with Gasteiger partial charge in [0, 0.05) is 18.3 Å². The maximum atomic E-state index is 11.1. The van der Waals surface area contributed by atoms with Crippen LogP contribution in [0.15, 0.2) is 54.6 Å². The Labute approximate surface area is 152 Å². The number of aromatic carboxylic acids is 1. The van der Waals surface area contributed by atoms with Crippen molar-refractivity contribution in [3.8, 4) is 0 Å². The molecule has 6 nitrogen and oxygen atoms in total. The minimum Gasteiger partial charge on any atom is -0.478 e. The van der Waals surface area contributed by atoms with Gasteiger partial charge in [0.25, 0.3) is 0 Å². The number of rotatable bonds is 6. The van der Waals surface area contributed by atoms with Gasteiger partial charge in [0.05, 0.1) is 5.56 Å². The molecule has 0 amide bonds. The van der Waals surface area contributed by atoms with Gasteiger partial charge in [-0.2, -0.15) is 0 Å². The van der Waals surface area contributed by atoms with Crippen LogP contribution in [0.2, 0.25) is 0 Å². The van der Waals surface area contributed by atoms with Crippen LogP contribution < -0.4 is 10.6 Å². The quantitative estimate of drug-likeness (QED) is 0.620. The Morgan fingerprint density at radius 2 is 1.73 bits per heavy atom. The van der Waals surface area contributed by atoms with Gasteiger partial charge in [-0.15, -0.1) is 0 Å². The highest BCUT2D eigenvalue weighted by Crippen LogP contribution is 2.19. The SMILES string of the molecule is Cc1ccc(CNc2cc(Nc3cccc(C(=O)O)c3)nc(C)n2)cc1. The van der Waals surface area contributed by atoms with E-state index < -0.39 is 5.97 Å². The van der Waals surface area contributed by atoms with E-state index in [-0.39, 0.29) is 5.56 Å². The summed E-state index contributed by atoms with van der Waals surface area (Å²) in [5.74, 6) is 0.963. The Hall–Kier alpha value is -3.41. The van der Waals surface area contributed by atoms with E-state index in [4.69, 9.17) is 5.11 Å². The number of anilines is 3. The summed E-state index contributed by atoms with van der Waals surface area (Å²) in [5.41, 5.74) is 3.27. The number of carboxylic acids is 1. The van der Waals surface area contributed by atoms with E-state index in [1.54, 1.807) is 30.3 Å². The van der Waals surface area contributed by atoms with Crippen molar-refractivity contribution in [2.24, 2.45) is 0 Å². The second kappa shape index (κ2) is 7.65. The smallest absolute Gasteiger partial charge is 0.335 e. The van der Waals surface area contributed by atoms with Crippen LogP contribution in [0.3, 0.4) is 0 Å². The first-order chi connectivity index (χ1) is 12.5. The van der Waals surface area contributed by atoms with Crippen LogP contribution in [-0.4, -0.2) is 21.0 Å². The van der Waals surface area contributed by atoms with Gasteiger partial charge in [0.1, 0.15) is 17.5 Å². The average Bonchev–Trinajstić information content (AvgIpc) is 2.61. The van der Waals surface area contributed by atoms with Crippen LogP contribution in [0.4, 0.5) is 17.3 Å². The highest BCUT2D eigenvalue weighted by molar-refractivity contribution is 5.89. The molecule has 132 valence electrons. The van der Waals surface area contributed by atoms with Crippen molar-refractivity contribution >= 4 is 23.3 Å². The minimum absolute atomic E-state index is 0.221. The Kier molecular flexibility index (Phi) is 5.12. The second-order valence-electron chi connectivity index (χ2n) is 6.04. The first-order valence-electron chi connectivity index (χ1n) is 8.25. The number of hydrogen-bond donors (Lipinski definition) is 3. The van der Waals surface area contributed by atoms with E-state index in [0.717, 1.165) is 5.56 Å². The van der Waals surface area contributed by atoms with Crippen molar-refractivity contribution in [3.63, 3.8) is 0 Å². The lowest BCUT2D eigenvalue weighted by Crippen LogP contribution is -2.05. The molecular formula is C20H20N4O2. The summed E-state index contributed by atoms with van der Waals surface area (Å²) in [4.78, 5) is 19.8. The van der Waals surface area contributed by atoms with Crippen molar-refractivity contribution in [2.45, 2.75) is 20.4 Å². The molecule has 3 rings (SSSR count). The number of nitrogens with one attached hydrogen (secondary N) is 2. The highest BCUT2D eigenvalue weighted by Gasteiger charge is 2.06. The fourth-order valence-electron chi connectivity index (χ4n) is 2.50. The molecule has 0 fully saturated rings. The van der Waals surface area contributed by atoms with Crippen LogP contribution in [0.25, 0.3) is 0 Å². The van der Waals surface area contributed by atoms with E-state index in [1.807, 2.05) is 6.92 Å². The van der Waals surface area contributed by atoms with Crippen LogP contribution in [-0.2, 0) is 6.54 Å². The monoisotopic (exact) mass is 348 g/mol. The summed E-state index contributed by atoms with van der Waals surface area (Å²) >= 11 is 0. The molecule has 0 aliphatic heterocycles. The standard InChI is InChI=1S/C20H20N4O2/c1-13-6-8-15(9-7-13)12-21-18-11-19(23-14(2)22-18)24-17-5-3-4-16(10-17)20(25)26/h3-11H,12H2,1-2H3,(H,25,26)(H2,21,22,23,24). The molecule has 2 aromatic carbocycles. The Morgan fingerprint density at radius 1 is 1.00 bits per heavy atom. The molecule has 1 heterocycles. The molecule has 0 radical (unpaired) electrons. The van der Waals surface area contributed by atoms with Crippen LogP contribution in [0.5, 0.6) is 0 Å². The molecule has 3 aromatic rings. The Bertz CT molecular complexity index is 923. The molecular weight excluding hydrogens is 328 g/mol. The minimum atomic E-state index is -0.965. The van der Waals surface area contributed by atoms with Crippen molar-refractivity contribution in [1.29, 1.82) is 0 Å².